The predicted octanol–water partition coefficient (Wildman–Crippen LogP) is 2.48. The zero-order valence-corrected chi connectivity index (χ0v) is 13.0. The number of aliphatic hydroxyl groups is 1. The number of aliphatic hydroxyl groups excluding tert-OH is 1. The summed E-state index contributed by atoms with van der Waals surface area (Å²) in [4.78, 5) is 0.0412. The summed E-state index contributed by atoms with van der Waals surface area (Å²) in [6.07, 6.45) is 1.01. The topological polar surface area (TPSA) is 66.4 Å². The van der Waals surface area contributed by atoms with Crippen LogP contribution in [0.25, 0.3) is 0 Å². The molecular weight excluding hydrogens is 286 g/mol. The van der Waals surface area contributed by atoms with Crippen molar-refractivity contribution in [3.63, 3.8) is 0 Å². The van der Waals surface area contributed by atoms with Crippen LogP contribution in [0.15, 0.2) is 23.1 Å². The van der Waals surface area contributed by atoms with Crippen LogP contribution >= 0.6 is 11.6 Å². The van der Waals surface area contributed by atoms with Crippen molar-refractivity contribution in [3.8, 4) is 0 Å². The lowest BCUT2D eigenvalue weighted by atomic mass is 9.96. The van der Waals surface area contributed by atoms with Gasteiger partial charge in [-0.2, -0.15) is 0 Å². The van der Waals surface area contributed by atoms with Gasteiger partial charge in [0.15, 0.2) is 0 Å². The summed E-state index contributed by atoms with van der Waals surface area (Å²) in [6, 6.07) is 4.78. The Morgan fingerprint density at radius 3 is 2.32 bits per heavy atom. The molecule has 0 amide bonds. The maximum Gasteiger partial charge on any atom is 0.242 e. The minimum Gasteiger partial charge on any atom is -0.394 e. The van der Waals surface area contributed by atoms with Crippen molar-refractivity contribution in [2.75, 3.05) is 6.61 Å². The molecule has 0 heterocycles. The van der Waals surface area contributed by atoms with Gasteiger partial charge >= 0.3 is 0 Å². The van der Waals surface area contributed by atoms with Gasteiger partial charge in [-0.1, -0.05) is 31.5 Å². The molecule has 1 rings (SSSR count). The van der Waals surface area contributed by atoms with Crippen LogP contribution in [0, 0.1) is 6.92 Å². The van der Waals surface area contributed by atoms with Crippen molar-refractivity contribution in [2.45, 2.75) is 44.0 Å². The summed E-state index contributed by atoms with van der Waals surface area (Å²) >= 11 is 5.99. The SMILES string of the molecule is CCC(CC)(CO)NS(=O)(=O)c1ccc(C)cc1Cl. The molecule has 0 atom stereocenters. The van der Waals surface area contributed by atoms with Gasteiger partial charge in [0.25, 0.3) is 0 Å². The molecule has 6 heteroatoms. The zero-order valence-electron chi connectivity index (χ0n) is 11.4. The Morgan fingerprint density at radius 2 is 1.89 bits per heavy atom. The van der Waals surface area contributed by atoms with Gasteiger partial charge in [0.05, 0.1) is 17.2 Å². The third-order valence-electron chi connectivity index (χ3n) is 3.38. The summed E-state index contributed by atoms with van der Waals surface area (Å²) in [5.41, 5.74) is 0.0518. The lowest BCUT2D eigenvalue weighted by molar-refractivity contribution is 0.172. The second kappa shape index (κ2) is 6.22. The smallest absolute Gasteiger partial charge is 0.242 e. The molecule has 1 aromatic carbocycles. The quantitative estimate of drug-likeness (QED) is 0.848. The molecule has 0 fully saturated rings. The Bertz CT molecular complexity index is 531. The lowest BCUT2D eigenvalue weighted by Gasteiger charge is -2.30. The largest absolute Gasteiger partial charge is 0.394 e. The van der Waals surface area contributed by atoms with E-state index in [2.05, 4.69) is 4.72 Å². The normalized spacial score (nSPS) is 12.7. The van der Waals surface area contributed by atoms with E-state index in [4.69, 9.17) is 11.6 Å². The van der Waals surface area contributed by atoms with Crippen molar-refractivity contribution in [2.24, 2.45) is 0 Å². The number of rotatable bonds is 6. The van der Waals surface area contributed by atoms with Crippen LogP contribution in [0.5, 0.6) is 0 Å². The fraction of sp³-hybridized carbons (Fsp3) is 0.538. The van der Waals surface area contributed by atoms with Gasteiger partial charge in [-0.25, -0.2) is 13.1 Å². The van der Waals surface area contributed by atoms with Gasteiger partial charge in [-0.3, -0.25) is 0 Å². The average Bonchev–Trinajstić information content (AvgIpc) is 2.35. The van der Waals surface area contributed by atoms with E-state index in [-0.39, 0.29) is 16.5 Å². The van der Waals surface area contributed by atoms with Crippen molar-refractivity contribution in [3.05, 3.63) is 28.8 Å². The maximum atomic E-state index is 12.3. The molecule has 0 saturated carbocycles. The highest BCUT2D eigenvalue weighted by atomic mass is 35.5. The Balaban J connectivity index is 3.17. The molecule has 0 bridgehead atoms. The number of benzene rings is 1. The molecule has 0 aliphatic rings. The van der Waals surface area contributed by atoms with Crippen LogP contribution in [0.3, 0.4) is 0 Å². The van der Waals surface area contributed by atoms with Gasteiger partial charge in [0, 0.05) is 0 Å². The molecule has 0 saturated heterocycles. The van der Waals surface area contributed by atoms with Crippen LogP contribution in [0.1, 0.15) is 32.3 Å². The van der Waals surface area contributed by atoms with Crippen molar-refractivity contribution in [1.29, 1.82) is 0 Å². The second-order valence-corrected chi connectivity index (χ2v) is 6.74. The number of hydrogen-bond donors (Lipinski definition) is 2. The standard InChI is InChI=1S/C13H20ClNO3S/c1-4-13(5-2,9-16)15-19(17,18)12-7-6-10(3)8-11(12)14/h6-8,15-16H,4-5,9H2,1-3H3. The fourth-order valence-corrected chi connectivity index (χ4v) is 3.95. The fourth-order valence-electron chi connectivity index (χ4n) is 1.81. The van der Waals surface area contributed by atoms with Crippen molar-refractivity contribution >= 4 is 21.6 Å². The van der Waals surface area contributed by atoms with Gasteiger partial charge < -0.3 is 5.11 Å². The van der Waals surface area contributed by atoms with Gasteiger partial charge in [0.2, 0.25) is 10.0 Å². The van der Waals surface area contributed by atoms with Crippen molar-refractivity contribution < 1.29 is 13.5 Å². The Hall–Kier alpha value is -0.620. The Labute approximate surface area is 119 Å². The third-order valence-corrected chi connectivity index (χ3v) is 5.45. The summed E-state index contributed by atoms with van der Waals surface area (Å²) < 4.78 is 27.3. The van der Waals surface area contributed by atoms with Crippen LogP contribution in [-0.4, -0.2) is 25.7 Å². The van der Waals surface area contributed by atoms with E-state index in [1.807, 2.05) is 20.8 Å². The molecule has 19 heavy (non-hydrogen) atoms. The highest BCUT2D eigenvalue weighted by Crippen LogP contribution is 2.25. The van der Waals surface area contributed by atoms with E-state index in [9.17, 15) is 13.5 Å². The third kappa shape index (κ3) is 3.69. The van der Waals surface area contributed by atoms with E-state index < -0.39 is 15.6 Å². The number of halogens is 1. The van der Waals surface area contributed by atoms with Crippen molar-refractivity contribution in [1.82, 2.24) is 4.72 Å². The average molecular weight is 306 g/mol. The predicted molar refractivity (Wildman–Crippen MR) is 76.9 cm³/mol. The number of sulfonamides is 1. The van der Waals surface area contributed by atoms with E-state index >= 15 is 0 Å². The van der Waals surface area contributed by atoms with E-state index in [0.29, 0.717) is 12.8 Å². The molecule has 108 valence electrons. The minimum absolute atomic E-state index is 0.0412. The molecule has 1 aromatic rings. The summed E-state index contributed by atoms with van der Waals surface area (Å²) in [7, 11) is -3.74. The van der Waals surface area contributed by atoms with Gasteiger partial charge in [-0.05, 0) is 37.5 Å². The molecule has 0 radical (unpaired) electrons. The first kappa shape index (κ1) is 16.4. The van der Waals surface area contributed by atoms with E-state index in [0.717, 1.165) is 5.56 Å². The number of hydrogen-bond acceptors (Lipinski definition) is 3. The summed E-state index contributed by atoms with van der Waals surface area (Å²) in [6.45, 7) is 5.26. The molecule has 0 aromatic heterocycles. The molecule has 0 aliphatic carbocycles. The molecule has 2 N–H and O–H groups in total. The van der Waals surface area contributed by atoms with Gasteiger partial charge in [0.1, 0.15) is 4.90 Å². The summed E-state index contributed by atoms with van der Waals surface area (Å²) in [5.74, 6) is 0. The van der Waals surface area contributed by atoms with Gasteiger partial charge in [-0.15, -0.1) is 0 Å². The maximum absolute atomic E-state index is 12.3. The number of nitrogens with one attached hydrogen (secondary N) is 1. The highest BCUT2D eigenvalue weighted by molar-refractivity contribution is 7.89. The monoisotopic (exact) mass is 305 g/mol. The molecule has 4 nitrogen and oxygen atoms in total. The first-order chi connectivity index (χ1) is 8.80. The lowest BCUT2D eigenvalue weighted by Crippen LogP contribution is -2.50. The van der Waals surface area contributed by atoms with Crippen LogP contribution in [0.4, 0.5) is 0 Å². The molecule has 0 spiro atoms. The second-order valence-electron chi connectivity index (χ2n) is 4.68. The van der Waals surface area contributed by atoms with Crippen LogP contribution in [-0.2, 0) is 10.0 Å². The first-order valence-electron chi connectivity index (χ1n) is 6.21. The molecule has 0 unspecified atom stereocenters. The first-order valence-corrected chi connectivity index (χ1v) is 8.07. The Morgan fingerprint density at radius 1 is 1.32 bits per heavy atom. The van der Waals surface area contributed by atoms with E-state index in [1.165, 1.54) is 6.07 Å². The van der Waals surface area contributed by atoms with E-state index in [1.54, 1.807) is 12.1 Å². The Kier molecular flexibility index (Phi) is 5.38. The number of aryl methyl sites for hydroxylation is 1. The molecule has 0 aliphatic heterocycles. The minimum atomic E-state index is -3.74. The zero-order chi connectivity index (χ0) is 14.7. The summed E-state index contributed by atoms with van der Waals surface area (Å²) in [5, 5.41) is 9.63. The highest BCUT2D eigenvalue weighted by Gasteiger charge is 2.32. The molecular formula is C13H20ClNO3S. The van der Waals surface area contributed by atoms with Crippen LogP contribution in [0.2, 0.25) is 5.02 Å². The van der Waals surface area contributed by atoms with Crippen LogP contribution < -0.4 is 4.72 Å².